The molecule has 4 rings (SSSR count). The summed E-state index contributed by atoms with van der Waals surface area (Å²) in [5.74, 6) is 0.198. The number of fused-ring (bicyclic) bond motifs is 3. The first kappa shape index (κ1) is 26.3. The van der Waals surface area contributed by atoms with Gasteiger partial charge in [0.1, 0.15) is 24.6 Å². The average molecular weight is 508 g/mol. The molecule has 1 aromatic heterocycles. The Morgan fingerprint density at radius 1 is 1.22 bits per heavy atom. The van der Waals surface area contributed by atoms with Gasteiger partial charge in [0.2, 0.25) is 11.8 Å². The van der Waals surface area contributed by atoms with Crippen molar-refractivity contribution in [1.82, 2.24) is 25.1 Å². The number of nitrogens with one attached hydrogen (secondary N) is 1. The third kappa shape index (κ3) is 7.13. The van der Waals surface area contributed by atoms with Crippen LogP contribution in [0.5, 0.6) is 5.75 Å². The van der Waals surface area contributed by atoms with Crippen molar-refractivity contribution in [2.45, 2.75) is 19.4 Å². The molecule has 2 aliphatic rings. The fourth-order valence-electron chi connectivity index (χ4n) is 4.71. The maximum absolute atomic E-state index is 13.4. The number of hydrogen-bond donors (Lipinski definition) is 1. The molecular formula is C27H33N5O5. The van der Waals surface area contributed by atoms with E-state index in [9.17, 15) is 14.4 Å². The Morgan fingerprint density at radius 2 is 2.08 bits per heavy atom. The maximum Gasteiger partial charge on any atom is 0.274 e. The Kier molecular flexibility index (Phi) is 9.20. The monoisotopic (exact) mass is 507 g/mol. The van der Waals surface area contributed by atoms with Gasteiger partial charge in [-0.15, -0.1) is 0 Å². The minimum absolute atomic E-state index is 0.00499. The summed E-state index contributed by atoms with van der Waals surface area (Å²) < 4.78 is 11.0. The number of aromatic nitrogens is 2. The van der Waals surface area contributed by atoms with E-state index in [1.165, 1.54) is 23.5 Å². The van der Waals surface area contributed by atoms with Crippen molar-refractivity contribution in [2.24, 2.45) is 11.8 Å². The van der Waals surface area contributed by atoms with Gasteiger partial charge in [0.25, 0.3) is 5.91 Å². The molecule has 0 radical (unpaired) electrons. The Bertz CT molecular complexity index is 1110. The van der Waals surface area contributed by atoms with Crippen LogP contribution in [0, 0.1) is 11.8 Å². The minimum Gasteiger partial charge on any atom is -0.489 e. The van der Waals surface area contributed by atoms with Crippen LogP contribution in [0.2, 0.25) is 0 Å². The van der Waals surface area contributed by atoms with Gasteiger partial charge in [0, 0.05) is 51.1 Å². The van der Waals surface area contributed by atoms with Gasteiger partial charge in [-0.3, -0.25) is 19.4 Å². The summed E-state index contributed by atoms with van der Waals surface area (Å²) in [5, 5.41) is 2.89. The van der Waals surface area contributed by atoms with Crippen LogP contribution in [0.25, 0.3) is 0 Å². The van der Waals surface area contributed by atoms with Crippen molar-refractivity contribution in [2.75, 3.05) is 46.5 Å². The third-order valence-corrected chi connectivity index (χ3v) is 6.68. The number of para-hydroxylation sites is 1. The maximum atomic E-state index is 13.4. The molecule has 10 heteroatoms. The summed E-state index contributed by atoms with van der Waals surface area (Å²) in [6.07, 6.45) is 9.43. The molecule has 0 saturated carbocycles. The first-order valence-corrected chi connectivity index (χ1v) is 12.5. The van der Waals surface area contributed by atoms with Crippen LogP contribution in [0.4, 0.5) is 0 Å². The molecule has 2 aromatic rings. The number of hydrogen-bond acceptors (Lipinski definition) is 7. The van der Waals surface area contributed by atoms with Crippen LogP contribution in [0.1, 0.15) is 28.9 Å². The lowest BCUT2D eigenvalue weighted by Gasteiger charge is -2.38. The third-order valence-electron chi connectivity index (χ3n) is 6.68. The second-order valence-electron chi connectivity index (χ2n) is 9.20. The molecule has 2 aliphatic heterocycles. The standard InChI is InChI=1S/C27H33N5O5/c1-36-14-11-30-25(33)15-20-8-12-31-17-21(20)6-4-13-37-24-7-3-2-5-22(24)18-32(19-26(31)34)27(35)23-16-28-9-10-29-23/h2-7,9-10,16,20-21H,8,11-15,17-19H2,1H3,(H,30,33)/t20-,21-/m0/s1. The van der Waals surface area contributed by atoms with Crippen LogP contribution in [0.15, 0.2) is 55.0 Å². The number of rotatable bonds is 6. The molecule has 2 atom stereocenters. The summed E-state index contributed by atoms with van der Waals surface area (Å²) in [6, 6.07) is 7.49. The lowest BCUT2D eigenvalue weighted by Crippen LogP contribution is -2.48. The van der Waals surface area contributed by atoms with Gasteiger partial charge in [0.15, 0.2) is 0 Å². The highest BCUT2D eigenvalue weighted by Crippen LogP contribution is 2.29. The Labute approximate surface area is 216 Å². The fourth-order valence-corrected chi connectivity index (χ4v) is 4.71. The summed E-state index contributed by atoms with van der Waals surface area (Å²) in [6.45, 7) is 2.38. The predicted molar refractivity (Wildman–Crippen MR) is 136 cm³/mol. The molecule has 196 valence electrons. The van der Waals surface area contributed by atoms with E-state index in [1.54, 1.807) is 12.0 Å². The highest BCUT2D eigenvalue weighted by Gasteiger charge is 2.33. The predicted octanol–water partition coefficient (Wildman–Crippen LogP) is 1.68. The molecule has 0 spiro atoms. The van der Waals surface area contributed by atoms with Gasteiger partial charge in [0.05, 0.1) is 19.3 Å². The molecule has 10 nitrogen and oxygen atoms in total. The van der Waals surface area contributed by atoms with Crippen molar-refractivity contribution in [3.05, 3.63) is 66.3 Å². The van der Waals surface area contributed by atoms with E-state index in [1.807, 2.05) is 30.3 Å². The number of methoxy groups -OCH3 is 1. The van der Waals surface area contributed by atoms with Crippen LogP contribution in [-0.2, 0) is 20.9 Å². The number of ether oxygens (including phenoxy) is 2. The minimum atomic E-state index is -0.372. The number of carbonyl (C=O) groups excluding carboxylic acids is 3. The number of carbonyl (C=O) groups is 3. The smallest absolute Gasteiger partial charge is 0.274 e. The number of amides is 3. The molecule has 1 saturated heterocycles. The lowest BCUT2D eigenvalue weighted by molar-refractivity contribution is -0.134. The fraction of sp³-hybridized carbons (Fsp3) is 0.444. The zero-order valence-corrected chi connectivity index (χ0v) is 21.0. The van der Waals surface area contributed by atoms with E-state index in [-0.39, 0.29) is 48.3 Å². The van der Waals surface area contributed by atoms with Crippen LogP contribution in [0.3, 0.4) is 0 Å². The second kappa shape index (κ2) is 13.0. The van der Waals surface area contributed by atoms with E-state index < -0.39 is 0 Å². The Hall–Kier alpha value is -3.79. The summed E-state index contributed by atoms with van der Waals surface area (Å²) in [5.41, 5.74) is 0.972. The SMILES string of the molecule is COCCNC(=O)C[C@@H]1CCN2C[C@@H]1C=CCOc1ccccc1CN(C(=O)c1cnccn1)CC2=O. The molecule has 2 bridgehead atoms. The molecule has 1 aromatic carbocycles. The van der Waals surface area contributed by atoms with Gasteiger partial charge in [-0.25, -0.2) is 4.98 Å². The van der Waals surface area contributed by atoms with Gasteiger partial charge < -0.3 is 24.6 Å². The second-order valence-corrected chi connectivity index (χ2v) is 9.20. The van der Waals surface area contributed by atoms with E-state index in [4.69, 9.17) is 9.47 Å². The van der Waals surface area contributed by atoms with Gasteiger partial charge in [-0.05, 0) is 24.3 Å². The lowest BCUT2D eigenvalue weighted by atomic mass is 9.82. The normalized spacial score (nSPS) is 20.1. The van der Waals surface area contributed by atoms with E-state index in [0.29, 0.717) is 51.4 Å². The van der Waals surface area contributed by atoms with Crippen LogP contribution >= 0.6 is 0 Å². The average Bonchev–Trinajstić information content (AvgIpc) is 2.92. The molecule has 3 heterocycles. The topological polar surface area (TPSA) is 114 Å². The van der Waals surface area contributed by atoms with E-state index in [0.717, 1.165) is 5.56 Å². The van der Waals surface area contributed by atoms with Crippen molar-refractivity contribution in [3.8, 4) is 5.75 Å². The zero-order chi connectivity index (χ0) is 26.0. The van der Waals surface area contributed by atoms with Gasteiger partial charge in [-0.1, -0.05) is 30.4 Å². The van der Waals surface area contributed by atoms with Crippen molar-refractivity contribution in [1.29, 1.82) is 0 Å². The number of piperidine rings is 1. The quantitative estimate of drug-likeness (QED) is 0.468. The molecule has 3 amide bonds. The molecule has 1 fully saturated rings. The zero-order valence-electron chi connectivity index (χ0n) is 21.0. The highest BCUT2D eigenvalue weighted by molar-refractivity contribution is 5.94. The van der Waals surface area contributed by atoms with Crippen molar-refractivity contribution in [3.63, 3.8) is 0 Å². The van der Waals surface area contributed by atoms with Gasteiger partial charge >= 0.3 is 0 Å². The van der Waals surface area contributed by atoms with Gasteiger partial charge in [-0.2, -0.15) is 0 Å². The van der Waals surface area contributed by atoms with E-state index >= 15 is 0 Å². The Balaban J connectivity index is 1.56. The largest absolute Gasteiger partial charge is 0.489 e. The van der Waals surface area contributed by atoms with Crippen molar-refractivity contribution >= 4 is 17.7 Å². The van der Waals surface area contributed by atoms with Crippen LogP contribution < -0.4 is 10.1 Å². The first-order chi connectivity index (χ1) is 18.0. The molecular weight excluding hydrogens is 474 g/mol. The number of nitrogens with zero attached hydrogens (tertiary/aromatic N) is 4. The molecule has 0 unspecified atom stereocenters. The summed E-state index contributed by atoms with van der Waals surface area (Å²) in [4.78, 5) is 50.7. The van der Waals surface area contributed by atoms with Crippen molar-refractivity contribution < 1.29 is 23.9 Å². The number of benzene rings is 1. The summed E-state index contributed by atoms with van der Waals surface area (Å²) in [7, 11) is 1.60. The molecule has 1 N–H and O–H groups in total. The first-order valence-electron chi connectivity index (χ1n) is 12.5. The van der Waals surface area contributed by atoms with E-state index in [2.05, 4.69) is 21.4 Å². The molecule has 0 aliphatic carbocycles. The Morgan fingerprint density at radius 3 is 2.89 bits per heavy atom. The summed E-state index contributed by atoms with van der Waals surface area (Å²) >= 11 is 0. The highest BCUT2D eigenvalue weighted by atomic mass is 16.5. The van der Waals surface area contributed by atoms with Crippen LogP contribution in [-0.4, -0.2) is 84.0 Å². The molecule has 37 heavy (non-hydrogen) atoms.